The van der Waals surface area contributed by atoms with Gasteiger partial charge < -0.3 is 9.84 Å². The van der Waals surface area contributed by atoms with Crippen molar-refractivity contribution >= 4 is 5.69 Å². The SMILES string of the molecule is O=[N+]([O-])c1cnn(CC(O)COc2ccc(-c3ccccc3)cc2)c1. The number of rotatable bonds is 7. The highest BCUT2D eigenvalue weighted by atomic mass is 16.6. The van der Waals surface area contributed by atoms with Gasteiger partial charge in [0.1, 0.15) is 30.9 Å². The second-order valence-corrected chi connectivity index (χ2v) is 5.53. The fourth-order valence-electron chi connectivity index (χ4n) is 2.38. The fraction of sp³-hybridized carbons (Fsp3) is 0.167. The minimum atomic E-state index is -0.826. The first-order valence-electron chi connectivity index (χ1n) is 7.75. The van der Waals surface area contributed by atoms with Gasteiger partial charge in [0.15, 0.2) is 0 Å². The summed E-state index contributed by atoms with van der Waals surface area (Å²) in [6.07, 6.45) is 1.60. The van der Waals surface area contributed by atoms with E-state index in [0.717, 1.165) is 17.3 Å². The van der Waals surface area contributed by atoms with E-state index in [1.807, 2.05) is 54.6 Å². The molecule has 1 heterocycles. The van der Waals surface area contributed by atoms with Gasteiger partial charge in [0.25, 0.3) is 0 Å². The normalized spacial score (nSPS) is 11.9. The Bertz CT molecular complexity index is 831. The molecule has 1 atom stereocenters. The summed E-state index contributed by atoms with van der Waals surface area (Å²) in [5, 5.41) is 24.4. The highest BCUT2D eigenvalue weighted by Crippen LogP contribution is 2.22. The molecule has 0 saturated heterocycles. The molecule has 25 heavy (non-hydrogen) atoms. The number of nitro groups is 1. The summed E-state index contributed by atoms with van der Waals surface area (Å²) < 4.78 is 6.88. The van der Waals surface area contributed by atoms with Gasteiger partial charge in [0.2, 0.25) is 0 Å². The Hall–Kier alpha value is -3.19. The lowest BCUT2D eigenvalue weighted by molar-refractivity contribution is -0.385. The molecule has 1 N–H and O–H groups in total. The van der Waals surface area contributed by atoms with Crippen molar-refractivity contribution in [3.63, 3.8) is 0 Å². The van der Waals surface area contributed by atoms with E-state index in [1.54, 1.807) is 0 Å². The average Bonchev–Trinajstić information content (AvgIpc) is 3.10. The molecule has 1 unspecified atom stereocenters. The predicted molar refractivity (Wildman–Crippen MR) is 92.3 cm³/mol. The van der Waals surface area contributed by atoms with Gasteiger partial charge >= 0.3 is 5.69 Å². The molecule has 0 amide bonds. The van der Waals surface area contributed by atoms with Crippen LogP contribution in [-0.2, 0) is 6.54 Å². The molecular weight excluding hydrogens is 322 g/mol. The van der Waals surface area contributed by atoms with Gasteiger partial charge in [-0.25, -0.2) is 0 Å². The number of hydrogen-bond acceptors (Lipinski definition) is 5. The first-order valence-corrected chi connectivity index (χ1v) is 7.75. The summed E-state index contributed by atoms with van der Waals surface area (Å²) >= 11 is 0. The van der Waals surface area contributed by atoms with Gasteiger partial charge in [-0.05, 0) is 23.3 Å². The molecule has 0 aliphatic heterocycles. The van der Waals surface area contributed by atoms with Crippen LogP contribution in [0.4, 0.5) is 5.69 Å². The van der Waals surface area contributed by atoms with Crippen molar-refractivity contribution in [1.82, 2.24) is 9.78 Å². The summed E-state index contributed by atoms with van der Waals surface area (Å²) in [5.41, 5.74) is 2.09. The Morgan fingerprint density at radius 3 is 2.44 bits per heavy atom. The van der Waals surface area contributed by atoms with E-state index in [1.165, 1.54) is 10.9 Å². The smallest absolute Gasteiger partial charge is 0.306 e. The average molecular weight is 339 g/mol. The number of benzene rings is 2. The maximum atomic E-state index is 10.6. The van der Waals surface area contributed by atoms with Crippen LogP contribution in [0.25, 0.3) is 11.1 Å². The van der Waals surface area contributed by atoms with Crippen molar-refractivity contribution in [3.8, 4) is 16.9 Å². The number of aromatic nitrogens is 2. The standard InChI is InChI=1S/C18H17N3O4/c22-17(12-20-11-16(10-19-20)21(23)24)13-25-18-8-6-15(7-9-18)14-4-2-1-3-5-14/h1-11,17,22H,12-13H2. The zero-order chi connectivity index (χ0) is 17.6. The maximum Gasteiger partial charge on any atom is 0.306 e. The van der Waals surface area contributed by atoms with Gasteiger partial charge in [-0.3, -0.25) is 14.8 Å². The summed E-state index contributed by atoms with van der Waals surface area (Å²) in [4.78, 5) is 10.1. The number of aliphatic hydroxyl groups excluding tert-OH is 1. The second kappa shape index (κ2) is 7.59. The monoisotopic (exact) mass is 339 g/mol. The third-order valence-corrected chi connectivity index (χ3v) is 3.63. The van der Waals surface area contributed by atoms with E-state index in [0.29, 0.717) is 5.75 Å². The Labute approximate surface area is 144 Å². The molecule has 3 aromatic rings. The van der Waals surface area contributed by atoms with Gasteiger partial charge in [-0.2, -0.15) is 5.10 Å². The Morgan fingerprint density at radius 1 is 1.12 bits per heavy atom. The van der Waals surface area contributed by atoms with Gasteiger partial charge in [0.05, 0.1) is 11.5 Å². The zero-order valence-electron chi connectivity index (χ0n) is 13.4. The molecule has 0 spiro atoms. The molecule has 2 aromatic carbocycles. The van der Waals surface area contributed by atoms with Crippen LogP contribution < -0.4 is 4.74 Å². The Balaban J connectivity index is 1.53. The van der Waals surface area contributed by atoms with Crippen LogP contribution in [0.15, 0.2) is 67.0 Å². The molecule has 7 nitrogen and oxygen atoms in total. The lowest BCUT2D eigenvalue weighted by atomic mass is 10.1. The minimum absolute atomic E-state index is 0.0678. The first-order chi connectivity index (χ1) is 12.1. The van der Waals surface area contributed by atoms with Crippen molar-refractivity contribution in [2.24, 2.45) is 0 Å². The molecule has 0 bridgehead atoms. The summed E-state index contributed by atoms with van der Waals surface area (Å²) in [6, 6.07) is 17.6. The van der Waals surface area contributed by atoms with E-state index in [4.69, 9.17) is 4.74 Å². The minimum Gasteiger partial charge on any atom is -0.491 e. The van der Waals surface area contributed by atoms with Gasteiger partial charge in [0, 0.05) is 0 Å². The second-order valence-electron chi connectivity index (χ2n) is 5.53. The van der Waals surface area contributed by atoms with Crippen LogP contribution in [0.5, 0.6) is 5.75 Å². The summed E-state index contributed by atoms with van der Waals surface area (Å²) in [7, 11) is 0. The van der Waals surface area contributed by atoms with Gasteiger partial charge in [-0.1, -0.05) is 42.5 Å². The molecule has 0 aliphatic carbocycles. The van der Waals surface area contributed by atoms with Crippen molar-refractivity contribution in [3.05, 3.63) is 77.1 Å². The summed E-state index contributed by atoms with van der Waals surface area (Å²) in [5.74, 6) is 0.644. The Kier molecular flexibility index (Phi) is 5.06. The van der Waals surface area contributed by atoms with Crippen LogP contribution in [0.1, 0.15) is 0 Å². The molecule has 128 valence electrons. The van der Waals surface area contributed by atoms with E-state index >= 15 is 0 Å². The topological polar surface area (TPSA) is 90.4 Å². The van der Waals surface area contributed by atoms with Crippen molar-refractivity contribution in [2.75, 3.05) is 6.61 Å². The van der Waals surface area contributed by atoms with E-state index in [-0.39, 0.29) is 18.8 Å². The number of hydrogen-bond donors (Lipinski definition) is 1. The van der Waals surface area contributed by atoms with E-state index < -0.39 is 11.0 Å². The van der Waals surface area contributed by atoms with Crippen LogP contribution in [0.3, 0.4) is 0 Å². The fourth-order valence-corrected chi connectivity index (χ4v) is 2.38. The van der Waals surface area contributed by atoms with E-state index in [9.17, 15) is 15.2 Å². The lowest BCUT2D eigenvalue weighted by Crippen LogP contribution is -2.23. The maximum absolute atomic E-state index is 10.6. The molecular formula is C18H17N3O4. The third kappa shape index (κ3) is 4.42. The third-order valence-electron chi connectivity index (χ3n) is 3.63. The van der Waals surface area contributed by atoms with Crippen molar-refractivity contribution in [2.45, 2.75) is 12.6 Å². The molecule has 0 fully saturated rings. The molecule has 0 aliphatic rings. The quantitative estimate of drug-likeness (QED) is 0.528. The number of aliphatic hydroxyl groups is 1. The highest BCUT2D eigenvalue weighted by molar-refractivity contribution is 5.63. The largest absolute Gasteiger partial charge is 0.491 e. The molecule has 7 heteroatoms. The van der Waals surface area contributed by atoms with Crippen molar-refractivity contribution in [1.29, 1.82) is 0 Å². The zero-order valence-corrected chi connectivity index (χ0v) is 13.4. The van der Waals surface area contributed by atoms with Crippen LogP contribution in [-0.4, -0.2) is 32.5 Å². The molecule has 3 rings (SSSR count). The predicted octanol–water partition coefficient (Wildman–Crippen LogP) is 2.90. The van der Waals surface area contributed by atoms with Gasteiger partial charge in [-0.15, -0.1) is 0 Å². The van der Waals surface area contributed by atoms with Crippen LogP contribution >= 0.6 is 0 Å². The lowest BCUT2D eigenvalue weighted by Gasteiger charge is -2.12. The van der Waals surface area contributed by atoms with E-state index in [2.05, 4.69) is 5.10 Å². The van der Waals surface area contributed by atoms with Crippen LogP contribution in [0.2, 0.25) is 0 Å². The Morgan fingerprint density at radius 2 is 1.80 bits per heavy atom. The number of nitrogens with zero attached hydrogens (tertiary/aromatic N) is 3. The number of ether oxygens (including phenoxy) is 1. The summed E-state index contributed by atoms with van der Waals surface area (Å²) in [6.45, 7) is 0.189. The molecule has 1 aromatic heterocycles. The molecule has 0 radical (unpaired) electrons. The highest BCUT2D eigenvalue weighted by Gasteiger charge is 2.12. The van der Waals surface area contributed by atoms with Crippen LogP contribution in [0, 0.1) is 10.1 Å². The van der Waals surface area contributed by atoms with Crippen molar-refractivity contribution < 1.29 is 14.8 Å². The molecule has 0 saturated carbocycles. The first kappa shape index (κ1) is 16.7.